The van der Waals surface area contributed by atoms with Crippen molar-refractivity contribution in [3.05, 3.63) is 0 Å². The van der Waals surface area contributed by atoms with Gasteiger partial charge in [0, 0.05) is 17.3 Å². The number of aliphatic hydroxyl groups is 2. The Morgan fingerprint density at radius 3 is 1.97 bits per heavy atom. The smallest absolute Gasteiger partial charge is 0.550 e. The molecule has 0 aromatic carbocycles. The molecular weight excluding hydrogens is 477 g/mol. The van der Waals surface area contributed by atoms with Crippen LogP contribution in [0.4, 0.5) is 0 Å². The Hall–Kier alpha value is -0.750. The average Bonchev–Trinajstić information content (AvgIpc) is 2.64. The van der Waals surface area contributed by atoms with Gasteiger partial charge in [-0.25, -0.2) is 0 Å². The minimum atomic E-state index is -1.32. The number of rotatable bonds is 16. The molecular formula is C25H54N3NaO7+2. The molecule has 0 radical (unpaired) electrons. The third kappa shape index (κ3) is 17.7. The van der Waals surface area contributed by atoms with Crippen molar-refractivity contribution >= 4 is 17.8 Å². The fourth-order valence-corrected chi connectivity index (χ4v) is 3.86. The molecule has 36 heavy (non-hydrogen) atoms. The Labute approximate surface area is 241 Å². The third-order valence-corrected chi connectivity index (χ3v) is 5.57. The van der Waals surface area contributed by atoms with Crippen LogP contribution in [-0.4, -0.2) is 111 Å². The van der Waals surface area contributed by atoms with E-state index < -0.39 is 35.3 Å². The van der Waals surface area contributed by atoms with Crippen LogP contribution in [0.25, 0.3) is 0 Å². The zero-order valence-corrected chi connectivity index (χ0v) is 24.7. The van der Waals surface area contributed by atoms with E-state index in [1.807, 2.05) is 35.2 Å². The second kappa shape index (κ2) is 18.5. The summed E-state index contributed by atoms with van der Waals surface area (Å²) in [6, 6.07) is 0. The van der Waals surface area contributed by atoms with Crippen molar-refractivity contribution in [1.29, 1.82) is 0 Å². The quantitative estimate of drug-likeness (QED) is 0.0848. The molecule has 0 rings (SSSR count). The molecule has 3 N–H and O–H groups in total. The number of carbonyl (C=O) groups is 3. The number of carbonyl (C=O) groups excluding carboxylic acids is 3. The van der Waals surface area contributed by atoms with Crippen LogP contribution in [-0.2, 0) is 19.1 Å². The minimum Gasteiger partial charge on any atom is -0.550 e. The monoisotopic (exact) mass is 531 g/mol. The number of carboxylic acids is 1. The zero-order chi connectivity index (χ0) is 26.0. The molecule has 10 nitrogen and oxygen atoms in total. The van der Waals surface area contributed by atoms with E-state index in [1.54, 1.807) is 20.8 Å². The van der Waals surface area contributed by atoms with Crippen LogP contribution in [0.1, 0.15) is 54.9 Å². The molecule has 3 unspecified atom stereocenters. The van der Waals surface area contributed by atoms with Crippen molar-refractivity contribution in [2.24, 2.45) is 17.3 Å². The van der Waals surface area contributed by atoms with Gasteiger partial charge in [0.15, 0.2) is 12.8 Å². The van der Waals surface area contributed by atoms with Crippen molar-refractivity contribution in [1.82, 2.24) is 5.32 Å². The molecule has 3 atom stereocenters. The van der Waals surface area contributed by atoms with Crippen molar-refractivity contribution in [3.63, 3.8) is 0 Å². The predicted molar refractivity (Wildman–Crippen MR) is 136 cm³/mol. The van der Waals surface area contributed by atoms with Crippen LogP contribution in [0.15, 0.2) is 0 Å². The molecule has 1 amide bonds. The maximum Gasteiger partial charge on any atom is 1.00 e. The summed E-state index contributed by atoms with van der Waals surface area (Å²) in [5.41, 5.74) is -1.01. The number of aliphatic hydroxyl groups excluding tert-OH is 2. The summed E-state index contributed by atoms with van der Waals surface area (Å²) in [5, 5.41) is 33.8. The van der Waals surface area contributed by atoms with Crippen molar-refractivity contribution in [3.8, 4) is 0 Å². The molecule has 0 aliphatic heterocycles. The Morgan fingerprint density at radius 1 is 1.03 bits per heavy atom. The van der Waals surface area contributed by atoms with Gasteiger partial charge < -0.3 is 39.1 Å². The maximum atomic E-state index is 12.9. The number of nitrogens with zero attached hydrogens (tertiary/aromatic N) is 2. The Morgan fingerprint density at radius 2 is 1.56 bits per heavy atom. The van der Waals surface area contributed by atoms with Gasteiger partial charge in [0.2, 0.25) is 5.91 Å². The van der Waals surface area contributed by atoms with Gasteiger partial charge in [0.1, 0.15) is 19.7 Å². The molecule has 0 spiro atoms. The summed E-state index contributed by atoms with van der Waals surface area (Å²) < 4.78 is 5.92. The standard InChI is InChI=1S/C23H45N3O7.2CH4.Na/c1-9-17(21(31)33-11-10-27)12-18(20(29)30)13-23(2,3)22(32)24-16-26(7,8)15-19(28)14-25(4,5)6;;;/h17-19,27-28H,9-16H2,1-8H3;2*1H4;/q;;;+1/p+1. The van der Waals surface area contributed by atoms with E-state index in [-0.39, 0.29) is 83.0 Å². The number of hydrogen-bond donors (Lipinski definition) is 3. The third-order valence-electron chi connectivity index (χ3n) is 5.57. The summed E-state index contributed by atoms with van der Waals surface area (Å²) in [7, 11) is 9.80. The van der Waals surface area contributed by atoms with E-state index in [0.29, 0.717) is 28.5 Å². The van der Waals surface area contributed by atoms with E-state index in [0.717, 1.165) is 0 Å². The second-order valence-electron chi connectivity index (χ2n) is 11.2. The number of carboxylic acid groups (broad SMARTS) is 1. The van der Waals surface area contributed by atoms with Gasteiger partial charge in [0.05, 0.1) is 47.8 Å². The van der Waals surface area contributed by atoms with Crippen LogP contribution in [0.3, 0.4) is 0 Å². The first-order valence-corrected chi connectivity index (χ1v) is 11.5. The Bertz CT molecular complexity index is 652. The number of aliphatic carboxylic acids is 1. The largest absolute Gasteiger partial charge is 1.00 e. The van der Waals surface area contributed by atoms with Crippen molar-refractivity contribution < 1.29 is 73.0 Å². The SMILES string of the molecule is C.C.CCC(CC(CC(C)(C)C(=O)NC[N+](C)(C)CC(O)C[N+](C)(C)C)C(=O)[O-])C(=O)OCCO.[Na+]. The van der Waals surface area contributed by atoms with Crippen LogP contribution in [0.2, 0.25) is 0 Å². The first kappa shape index (κ1) is 42.3. The number of ether oxygens (including phenoxy) is 1. The summed E-state index contributed by atoms with van der Waals surface area (Å²) in [6.07, 6.45) is -0.160. The zero-order valence-electron chi connectivity index (χ0n) is 22.7. The van der Waals surface area contributed by atoms with E-state index in [4.69, 9.17) is 9.84 Å². The second-order valence-corrected chi connectivity index (χ2v) is 11.2. The van der Waals surface area contributed by atoms with E-state index >= 15 is 0 Å². The molecule has 0 heterocycles. The van der Waals surface area contributed by atoms with Crippen molar-refractivity contribution in [2.45, 2.75) is 61.0 Å². The number of likely N-dealkylation sites (N-methyl/N-ethyl adjacent to an activating group) is 2. The molecule has 0 aromatic heterocycles. The molecule has 0 aromatic rings. The van der Waals surface area contributed by atoms with Crippen LogP contribution < -0.4 is 40.0 Å². The normalized spacial score (nSPS) is 14.2. The van der Waals surface area contributed by atoms with Gasteiger partial charge in [-0.15, -0.1) is 0 Å². The maximum absolute atomic E-state index is 12.9. The minimum absolute atomic E-state index is 0. The van der Waals surface area contributed by atoms with Gasteiger partial charge in [-0.2, -0.15) is 0 Å². The van der Waals surface area contributed by atoms with Gasteiger partial charge >= 0.3 is 35.5 Å². The van der Waals surface area contributed by atoms with Gasteiger partial charge in [-0.3, -0.25) is 9.59 Å². The summed E-state index contributed by atoms with van der Waals surface area (Å²) >= 11 is 0. The van der Waals surface area contributed by atoms with Gasteiger partial charge in [-0.1, -0.05) is 35.6 Å². The first-order chi connectivity index (χ1) is 14.9. The number of quaternary nitrogens is 2. The van der Waals surface area contributed by atoms with Crippen molar-refractivity contribution in [2.75, 3.05) is 68.2 Å². The van der Waals surface area contributed by atoms with E-state index in [2.05, 4.69) is 5.32 Å². The molecule has 11 heteroatoms. The molecule has 0 aliphatic carbocycles. The van der Waals surface area contributed by atoms with Gasteiger partial charge in [0.25, 0.3) is 0 Å². The number of hydrogen-bond acceptors (Lipinski definition) is 7. The van der Waals surface area contributed by atoms with Gasteiger partial charge in [-0.05, 0) is 19.3 Å². The summed E-state index contributed by atoms with van der Waals surface area (Å²) in [5.74, 6) is -3.85. The molecule has 0 saturated carbocycles. The topological polar surface area (TPSA) is 136 Å². The average molecular weight is 532 g/mol. The number of amides is 1. The van der Waals surface area contributed by atoms with Crippen LogP contribution >= 0.6 is 0 Å². The molecule has 0 saturated heterocycles. The summed E-state index contributed by atoms with van der Waals surface area (Å²) in [6.45, 7) is 5.93. The first-order valence-electron chi connectivity index (χ1n) is 11.5. The Kier molecular flexibility index (Phi) is 21.8. The fraction of sp³-hybridized carbons (Fsp3) is 0.880. The van der Waals surface area contributed by atoms with Crippen LogP contribution in [0.5, 0.6) is 0 Å². The number of esters is 1. The Balaban J connectivity index is -0.00000171. The predicted octanol–water partition coefficient (Wildman–Crippen LogP) is -2.79. The fourth-order valence-electron chi connectivity index (χ4n) is 3.86. The molecule has 0 fully saturated rings. The summed E-state index contributed by atoms with van der Waals surface area (Å²) in [4.78, 5) is 36.8. The molecule has 0 bridgehead atoms. The number of nitrogens with one attached hydrogen (secondary N) is 1. The molecule has 210 valence electrons. The van der Waals surface area contributed by atoms with Crippen LogP contribution in [0, 0.1) is 17.3 Å². The van der Waals surface area contributed by atoms with E-state index in [9.17, 15) is 24.6 Å². The van der Waals surface area contributed by atoms with E-state index in [1.165, 1.54) is 0 Å². The molecule has 0 aliphatic rings.